The number of amides is 2. The second kappa shape index (κ2) is 9.06. The molecule has 148 valence electrons. The lowest BCUT2D eigenvalue weighted by Crippen LogP contribution is -2.23. The third-order valence-corrected chi connectivity index (χ3v) is 4.55. The first kappa shape index (κ1) is 20.1. The summed E-state index contributed by atoms with van der Waals surface area (Å²) in [5.41, 5.74) is 4.78. The fraction of sp³-hybridized carbons (Fsp3) is 0.167. The van der Waals surface area contributed by atoms with Crippen LogP contribution in [0.15, 0.2) is 66.7 Å². The van der Waals surface area contributed by atoms with Crippen molar-refractivity contribution in [2.45, 2.75) is 20.4 Å². The molecule has 0 aliphatic carbocycles. The maximum Gasteiger partial charge on any atom is 0.255 e. The van der Waals surface area contributed by atoms with Gasteiger partial charge in [0.2, 0.25) is 0 Å². The summed E-state index contributed by atoms with van der Waals surface area (Å²) in [7, 11) is 1.56. The number of methoxy groups -OCH3 is 1. The van der Waals surface area contributed by atoms with Gasteiger partial charge in [0.25, 0.3) is 11.8 Å². The molecule has 0 saturated carbocycles. The maximum atomic E-state index is 12.6. The number of nitrogens with one attached hydrogen (secondary N) is 2. The lowest BCUT2D eigenvalue weighted by atomic mass is 10.1. The van der Waals surface area contributed by atoms with Crippen molar-refractivity contribution >= 4 is 17.5 Å². The van der Waals surface area contributed by atoms with Crippen LogP contribution in [0.5, 0.6) is 5.75 Å². The highest BCUT2D eigenvalue weighted by atomic mass is 16.5. The molecular weight excluding hydrogens is 364 g/mol. The van der Waals surface area contributed by atoms with Crippen molar-refractivity contribution in [3.8, 4) is 5.75 Å². The lowest BCUT2D eigenvalue weighted by molar-refractivity contribution is 0.0949. The van der Waals surface area contributed by atoms with Gasteiger partial charge in [-0.2, -0.15) is 0 Å². The molecule has 5 heteroatoms. The molecule has 0 saturated heterocycles. The van der Waals surface area contributed by atoms with Crippen molar-refractivity contribution in [3.63, 3.8) is 0 Å². The standard InChI is InChI=1S/C24H24N2O3/c1-16-5-4-6-18(13-16)15-25-23(27)19-8-10-20(11-9-19)24(28)26-21-14-17(2)7-12-22(21)29-3/h4-14H,15H2,1-3H3,(H,25,27)(H,26,28). The predicted octanol–water partition coefficient (Wildman–Crippen LogP) is 4.49. The van der Waals surface area contributed by atoms with E-state index in [4.69, 9.17) is 4.74 Å². The van der Waals surface area contributed by atoms with Gasteiger partial charge in [0.05, 0.1) is 12.8 Å². The first-order chi connectivity index (χ1) is 14.0. The highest BCUT2D eigenvalue weighted by molar-refractivity contribution is 6.05. The normalized spacial score (nSPS) is 10.3. The van der Waals surface area contributed by atoms with Gasteiger partial charge in [-0.05, 0) is 61.4 Å². The fourth-order valence-corrected chi connectivity index (χ4v) is 2.99. The van der Waals surface area contributed by atoms with Crippen molar-refractivity contribution in [1.29, 1.82) is 0 Å². The number of hydrogen-bond acceptors (Lipinski definition) is 3. The number of rotatable bonds is 6. The molecule has 0 bridgehead atoms. The molecule has 0 radical (unpaired) electrons. The van der Waals surface area contributed by atoms with Crippen LogP contribution in [0.25, 0.3) is 0 Å². The number of carbonyl (C=O) groups excluding carboxylic acids is 2. The van der Waals surface area contributed by atoms with Gasteiger partial charge in [0, 0.05) is 17.7 Å². The summed E-state index contributed by atoms with van der Waals surface area (Å²) in [6.07, 6.45) is 0. The van der Waals surface area contributed by atoms with E-state index in [1.54, 1.807) is 31.4 Å². The van der Waals surface area contributed by atoms with E-state index in [1.165, 1.54) is 0 Å². The van der Waals surface area contributed by atoms with Gasteiger partial charge < -0.3 is 15.4 Å². The molecule has 2 amide bonds. The monoisotopic (exact) mass is 388 g/mol. The zero-order valence-corrected chi connectivity index (χ0v) is 16.8. The molecule has 0 fully saturated rings. The maximum absolute atomic E-state index is 12.6. The lowest BCUT2D eigenvalue weighted by Gasteiger charge is -2.11. The Balaban J connectivity index is 1.64. The van der Waals surface area contributed by atoms with Gasteiger partial charge in [-0.15, -0.1) is 0 Å². The van der Waals surface area contributed by atoms with Crippen molar-refractivity contribution in [3.05, 3.63) is 94.5 Å². The van der Waals surface area contributed by atoms with E-state index in [2.05, 4.69) is 10.6 Å². The molecule has 0 atom stereocenters. The fourth-order valence-electron chi connectivity index (χ4n) is 2.99. The van der Waals surface area contributed by atoms with Crippen molar-refractivity contribution in [1.82, 2.24) is 5.32 Å². The molecular formula is C24H24N2O3. The molecule has 0 unspecified atom stereocenters. The molecule has 0 heterocycles. The summed E-state index contributed by atoms with van der Waals surface area (Å²) in [4.78, 5) is 24.9. The number of benzene rings is 3. The van der Waals surface area contributed by atoms with E-state index in [0.29, 0.717) is 29.1 Å². The average molecular weight is 388 g/mol. The van der Waals surface area contributed by atoms with Crippen LogP contribution in [0.1, 0.15) is 37.4 Å². The van der Waals surface area contributed by atoms with E-state index in [0.717, 1.165) is 16.7 Å². The topological polar surface area (TPSA) is 67.4 Å². The zero-order valence-electron chi connectivity index (χ0n) is 16.8. The Morgan fingerprint density at radius 1 is 0.828 bits per heavy atom. The number of ether oxygens (including phenoxy) is 1. The summed E-state index contributed by atoms with van der Waals surface area (Å²) in [5, 5.41) is 5.75. The molecule has 0 aliphatic rings. The van der Waals surface area contributed by atoms with Gasteiger partial charge in [-0.1, -0.05) is 35.9 Å². The number of carbonyl (C=O) groups is 2. The van der Waals surface area contributed by atoms with E-state index < -0.39 is 0 Å². The minimum absolute atomic E-state index is 0.182. The largest absolute Gasteiger partial charge is 0.495 e. The Kier molecular flexibility index (Phi) is 6.29. The Morgan fingerprint density at radius 3 is 2.14 bits per heavy atom. The first-order valence-electron chi connectivity index (χ1n) is 9.36. The van der Waals surface area contributed by atoms with Crippen molar-refractivity contribution in [2.75, 3.05) is 12.4 Å². The average Bonchev–Trinajstić information content (AvgIpc) is 2.72. The third kappa shape index (κ3) is 5.23. The third-order valence-electron chi connectivity index (χ3n) is 4.55. The number of anilines is 1. The summed E-state index contributed by atoms with van der Waals surface area (Å²) in [6.45, 7) is 4.41. The summed E-state index contributed by atoms with van der Waals surface area (Å²) < 4.78 is 5.29. The zero-order chi connectivity index (χ0) is 20.8. The van der Waals surface area contributed by atoms with E-state index in [1.807, 2.05) is 56.3 Å². The van der Waals surface area contributed by atoms with Gasteiger partial charge in [0.15, 0.2) is 0 Å². The van der Waals surface area contributed by atoms with E-state index in [-0.39, 0.29) is 11.8 Å². The van der Waals surface area contributed by atoms with Gasteiger partial charge >= 0.3 is 0 Å². The number of hydrogen-bond donors (Lipinski definition) is 2. The predicted molar refractivity (Wildman–Crippen MR) is 114 cm³/mol. The van der Waals surface area contributed by atoms with Crippen LogP contribution in [0.3, 0.4) is 0 Å². The molecule has 0 aliphatic heterocycles. The molecule has 0 aromatic heterocycles. The Hall–Kier alpha value is -3.60. The van der Waals surface area contributed by atoms with Gasteiger partial charge in [0.1, 0.15) is 5.75 Å². The molecule has 3 aromatic rings. The summed E-state index contributed by atoms with van der Waals surface area (Å²) in [6, 6.07) is 20.1. The van der Waals surface area contributed by atoms with Crippen LogP contribution in [-0.4, -0.2) is 18.9 Å². The number of aryl methyl sites for hydroxylation is 2. The Morgan fingerprint density at radius 2 is 1.48 bits per heavy atom. The van der Waals surface area contributed by atoms with Crippen LogP contribution in [0, 0.1) is 13.8 Å². The molecule has 0 spiro atoms. The Labute approximate surface area is 170 Å². The van der Waals surface area contributed by atoms with Crippen LogP contribution in [0.4, 0.5) is 5.69 Å². The second-order valence-electron chi connectivity index (χ2n) is 6.91. The van der Waals surface area contributed by atoms with Crippen LogP contribution >= 0.6 is 0 Å². The van der Waals surface area contributed by atoms with Crippen molar-refractivity contribution < 1.29 is 14.3 Å². The van der Waals surface area contributed by atoms with Gasteiger partial charge in [-0.25, -0.2) is 0 Å². The molecule has 3 aromatic carbocycles. The highest BCUT2D eigenvalue weighted by Gasteiger charge is 2.12. The summed E-state index contributed by atoms with van der Waals surface area (Å²) in [5.74, 6) is 0.149. The minimum Gasteiger partial charge on any atom is -0.495 e. The SMILES string of the molecule is COc1ccc(C)cc1NC(=O)c1ccc(C(=O)NCc2cccc(C)c2)cc1. The first-order valence-corrected chi connectivity index (χ1v) is 9.36. The summed E-state index contributed by atoms with van der Waals surface area (Å²) >= 11 is 0. The highest BCUT2D eigenvalue weighted by Crippen LogP contribution is 2.25. The smallest absolute Gasteiger partial charge is 0.255 e. The van der Waals surface area contributed by atoms with Crippen LogP contribution < -0.4 is 15.4 Å². The van der Waals surface area contributed by atoms with Gasteiger partial charge in [-0.3, -0.25) is 9.59 Å². The van der Waals surface area contributed by atoms with E-state index >= 15 is 0 Å². The molecule has 2 N–H and O–H groups in total. The van der Waals surface area contributed by atoms with Crippen LogP contribution in [-0.2, 0) is 6.54 Å². The Bertz CT molecular complexity index is 1030. The second-order valence-corrected chi connectivity index (χ2v) is 6.91. The molecule has 29 heavy (non-hydrogen) atoms. The minimum atomic E-state index is -0.263. The van der Waals surface area contributed by atoms with Crippen molar-refractivity contribution in [2.24, 2.45) is 0 Å². The molecule has 5 nitrogen and oxygen atoms in total. The van der Waals surface area contributed by atoms with E-state index in [9.17, 15) is 9.59 Å². The quantitative estimate of drug-likeness (QED) is 0.654. The molecule has 3 rings (SSSR count). The van der Waals surface area contributed by atoms with Crippen LogP contribution in [0.2, 0.25) is 0 Å².